The Morgan fingerprint density at radius 1 is 1.53 bits per heavy atom. The van der Waals surface area contributed by atoms with E-state index in [1.165, 1.54) is 6.07 Å². The van der Waals surface area contributed by atoms with E-state index in [2.05, 4.69) is 4.98 Å². The van der Waals surface area contributed by atoms with Crippen molar-refractivity contribution in [3.05, 3.63) is 30.2 Å². The summed E-state index contributed by atoms with van der Waals surface area (Å²) in [7, 11) is 0. The molecule has 0 aliphatic heterocycles. The fraction of sp³-hybridized carbons (Fsp3) is 0.111. The van der Waals surface area contributed by atoms with Crippen LogP contribution >= 0.6 is 12.4 Å². The standard InChI is InChI=1S/C9H8N2O3.ClH/c12-7-2-1-3-11-5-6(4-8(13)14)10-9(7)11;/h1-3,5,12H,4H2,(H,13,14);1H. The first-order chi connectivity index (χ1) is 6.66. The van der Waals surface area contributed by atoms with Crippen molar-refractivity contribution in [2.45, 2.75) is 6.42 Å². The molecule has 6 heteroatoms. The van der Waals surface area contributed by atoms with Gasteiger partial charge in [0.25, 0.3) is 0 Å². The van der Waals surface area contributed by atoms with E-state index in [0.717, 1.165) is 0 Å². The van der Waals surface area contributed by atoms with Gasteiger partial charge >= 0.3 is 5.97 Å². The lowest BCUT2D eigenvalue weighted by molar-refractivity contribution is -0.136. The van der Waals surface area contributed by atoms with Crippen LogP contribution in [0.4, 0.5) is 0 Å². The van der Waals surface area contributed by atoms with Crippen LogP contribution in [0, 0.1) is 0 Å². The maximum Gasteiger partial charge on any atom is 0.309 e. The van der Waals surface area contributed by atoms with Gasteiger partial charge in [-0.2, -0.15) is 0 Å². The first kappa shape index (κ1) is 11.3. The summed E-state index contributed by atoms with van der Waals surface area (Å²) in [5.74, 6) is -0.892. The fourth-order valence-electron chi connectivity index (χ4n) is 1.29. The summed E-state index contributed by atoms with van der Waals surface area (Å²) in [6, 6.07) is 3.17. The number of pyridine rings is 1. The number of aromatic hydroxyl groups is 1. The Morgan fingerprint density at radius 3 is 2.87 bits per heavy atom. The van der Waals surface area contributed by atoms with Crippen molar-refractivity contribution in [1.29, 1.82) is 0 Å². The molecule has 0 amide bonds. The lowest BCUT2D eigenvalue weighted by atomic mass is 10.3. The van der Waals surface area contributed by atoms with Crippen molar-refractivity contribution in [1.82, 2.24) is 9.38 Å². The Balaban J connectivity index is 0.00000112. The zero-order valence-corrected chi connectivity index (χ0v) is 8.44. The fourth-order valence-corrected chi connectivity index (χ4v) is 1.29. The number of fused-ring (bicyclic) bond motifs is 1. The van der Waals surface area contributed by atoms with E-state index in [0.29, 0.717) is 11.3 Å². The van der Waals surface area contributed by atoms with E-state index in [-0.39, 0.29) is 24.6 Å². The molecule has 2 N–H and O–H groups in total. The smallest absolute Gasteiger partial charge is 0.309 e. The molecule has 0 saturated carbocycles. The third-order valence-corrected chi connectivity index (χ3v) is 1.84. The topological polar surface area (TPSA) is 74.8 Å². The predicted molar refractivity (Wildman–Crippen MR) is 55.4 cm³/mol. The second-order valence-electron chi connectivity index (χ2n) is 2.93. The van der Waals surface area contributed by atoms with Gasteiger partial charge in [0.05, 0.1) is 12.1 Å². The molecular weight excluding hydrogens is 220 g/mol. The van der Waals surface area contributed by atoms with E-state index in [1.54, 1.807) is 22.9 Å². The number of hydrogen-bond acceptors (Lipinski definition) is 3. The summed E-state index contributed by atoms with van der Waals surface area (Å²) < 4.78 is 1.59. The lowest BCUT2D eigenvalue weighted by Crippen LogP contribution is -1.99. The van der Waals surface area contributed by atoms with Crippen molar-refractivity contribution < 1.29 is 15.0 Å². The van der Waals surface area contributed by atoms with E-state index >= 15 is 0 Å². The minimum atomic E-state index is -0.937. The second kappa shape index (κ2) is 4.18. The van der Waals surface area contributed by atoms with Crippen LogP contribution in [0.5, 0.6) is 5.75 Å². The summed E-state index contributed by atoms with van der Waals surface area (Å²) >= 11 is 0. The molecule has 0 fully saturated rings. The molecule has 0 aliphatic carbocycles. The molecule has 0 aliphatic rings. The average Bonchev–Trinajstić information content (AvgIpc) is 2.47. The van der Waals surface area contributed by atoms with Crippen molar-refractivity contribution >= 4 is 24.0 Å². The number of rotatable bonds is 2. The minimum absolute atomic E-state index is 0. The molecule has 80 valence electrons. The van der Waals surface area contributed by atoms with Crippen LogP contribution in [0.15, 0.2) is 24.5 Å². The van der Waals surface area contributed by atoms with E-state index in [4.69, 9.17) is 5.11 Å². The van der Waals surface area contributed by atoms with Gasteiger partial charge in [0.15, 0.2) is 11.4 Å². The quantitative estimate of drug-likeness (QED) is 0.807. The maximum atomic E-state index is 10.4. The molecular formula is C9H9ClN2O3. The Kier molecular flexibility index (Phi) is 3.16. The SMILES string of the molecule is Cl.O=C(O)Cc1cn2cccc(O)c2n1. The average molecular weight is 229 g/mol. The van der Waals surface area contributed by atoms with Crippen molar-refractivity contribution in [3.8, 4) is 5.75 Å². The molecule has 2 rings (SSSR count). The molecule has 15 heavy (non-hydrogen) atoms. The van der Waals surface area contributed by atoms with Gasteiger partial charge in [-0.1, -0.05) is 0 Å². The van der Waals surface area contributed by atoms with Gasteiger partial charge < -0.3 is 14.6 Å². The monoisotopic (exact) mass is 228 g/mol. The Morgan fingerprint density at radius 2 is 2.27 bits per heavy atom. The van der Waals surface area contributed by atoms with E-state index in [1.807, 2.05) is 0 Å². The second-order valence-corrected chi connectivity index (χ2v) is 2.93. The first-order valence-electron chi connectivity index (χ1n) is 4.04. The Hall–Kier alpha value is -1.75. The lowest BCUT2D eigenvalue weighted by Gasteiger charge is -1.92. The number of imidazole rings is 1. The Labute approximate surface area is 91.4 Å². The zero-order chi connectivity index (χ0) is 10.1. The third-order valence-electron chi connectivity index (χ3n) is 1.84. The molecule has 2 heterocycles. The molecule has 0 aromatic carbocycles. The van der Waals surface area contributed by atoms with Crippen LogP contribution in [-0.2, 0) is 11.2 Å². The molecule has 0 bridgehead atoms. The van der Waals surface area contributed by atoms with Crippen LogP contribution in [0.25, 0.3) is 5.65 Å². The third kappa shape index (κ3) is 2.19. The summed E-state index contributed by atoms with van der Waals surface area (Å²) in [6.07, 6.45) is 3.15. The summed E-state index contributed by atoms with van der Waals surface area (Å²) in [4.78, 5) is 14.4. The van der Waals surface area contributed by atoms with Gasteiger partial charge in [0.2, 0.25) is 0 Å². The summed E-state index contributed by atoms with van der Waals surface area (Å²) in [6.45, 7) is 0. The molecule has 0 unspecified atom stereocenters. The zero-order valence-electron chi connectivity index (χ0n) is 7.62. The van der Waals surface area contributed by atoms with Crippen molar-refractivity contribution in [2.24, 2.45) is 0 Å². The first-order valence-corrected chi connectivity index (χ1v) is 4.04. The highest BCUT2D eigenvalue weighted by atomic mass is 35.5. The normalized spacial score (nSPS) is 9.87. The Bertz CT molecular complexity index is 495. The number of carboxylic acid groups (broad SMARTS) is 1. The minimum Gasteiger partial charge on any atom is -0.504 e. The number of hydrogen-bond donors (Lipinski definition) is 2. The molecule has 0 spiro atoms. The van der Waals surface area contributed by atoms with Crippen LogP contribution < -0.4 is 0 Å². The molecule has 5 nitrogen and oxygen atoms in total. The van der Waals surface area contributed by atoms with Gasteiger partial charge in [-0.15, -0.1) is 12.4 Å². The highest BCUT2D eigenvalue weighted by molar-refractivity contribution is 5.85. The molecule has 0 radical (unpaired) electrons. The van der Waals surface area contributed by atoms with Gasteiger partial charge in [0.1, 0.15) is 0 Å². The maximum absolute atomic E-state index is 10.4. The number of carboxylic acids is 1. The number of carbonyl (C=O) groups is 1. The highest BCUT2D eigenvalue weighted by Gasteiger charge is 2.07. The summed E-state index contributed by atoms with van der Waals surface area (Å²) in [5.41, 5.74) is 0.808. The predicted octanol–water partition coefficient (Wildman–Crippen LogP) is 1.09. The van der Waals surface area contributed by atoms with Crippen LogP contribution in [0.2, 0.25) is 0 Å². The molecule has 2 aromatic rings. The largest absolute Gasteiger partial charge is 0.504 e. The van der Waals surface area contributed by atoms with Gasteiger partial charge in [-0.05, 0) is 12.1 Å². The van der Waals surface area contributed by atoms with Gasteiger partial charge in [-0.3, -0.25) is 4.79 Å². The van der Waals surface area contributed by atoms with Crippen molar-refractivity contribution in [3.63, 3.8) is 0 Å². The molecule has 2 aromatic heterocycles. The van der Waals surface area contributed by atoms with Crippen molar-refractivity contribution in [2.75, 3.05) is 0 Å². The van der Waals surface area contributed by atoms with Crippen LogP contribution in [0.1, 0.15) is 5.69 Å². The van der Waals surface area contributed by atoms with Crippen LogP contribution in [-0.4, -0.2) is 25.6 Å². The number of halogens is 1. The summed E-state index contributed by atoms with van der Waals surface area (Å²) in [5, 5.41) is 17.9. The van der Waals surface area contributed by atoms with E-state index < -0.39 is 5.97 Å². The number of nitrogens with zero attached hydrogens (tertiary/aromatic N) is 2. The molecule has 0 saturated heterocycles. The number of aromatic nitrogens is 2. The van der Waals surface area contributed by atoms with E-state index in [9.17, 15) is 9.90 Å². The van der Waals surface area contributed by atoms with Crippen LogP contribution in [0.3, 0.4) is 0 Å². The molecule has 0 atom stereocenters. The number of aliphatic carboxylic acids is 1. The van der Waals surface area contributed by atoms with Gasteiger partial charge in [0, 0.05) is 12.4 Å². The van der Waals surface area contributed by atoms with Gasteiger partial charge in [-0.25, -0.2) is 4.98 Å². The highest BCUT2D eigenvalue weighted by Crippen LogP contribution is 2.16.